The van der Waals surface area contributed by atoms with Crippen LogP contribution < -0.4 is 10.9 Å². The number of fused-ring (bicyclic) bond motifs is 1. The molecule has 6 heteroatoms. The number of anilines is 1. The monoisotopic (exact) mass is 392 g/mol. The standard InChI is InChI=1S/C23H24N2O4/c1-4-14(2)16-9-5-7-11-19(16)25-22(27)15(3)29-23(28)18-13-21(26)24-20-12-8-6-10-17(18)20/h5-15H,4H2,1-3H3,(H,24,26)(H,25,27)/t14-,15-/m1/s1. The first-order valence-corrected chi connectivity index (χ1v) is 9.63. The number of aromatic nitrogens is 1. The molecule has 2 N–H and O–H groups in total. The van der Waals surface area contributed by atoms with E-state index in [1.807, 2.05) is 24.3 Å². The number of benzene rings is 2. The lowest BCUT2D eigenvalue weighted by Gasteiger charge is -2.18. The van der Waals surface area contributed by atoms with E-state index in [0.29, 0.717) is 16.6 Å². The molecule has 0 aliphatic carbocycles. The maximum absolute atomic E-state index is 12.6. The predicted octanol–water partition coefficient (Wildman–Crippen LogP) is 4.23. The van der Waals surface area contributed by atoms with E-state index in [4.69, 9.17) is 4.74 Å². The molecule has 1 amide bonds. The first kappa shape index (κ1) is 20.3. The van der Waals surface area contributed by atoms with Crippen LogP contribution in [-0.4, -0.2) is 23.0 Å². The average molecular weight is 392 g/mol. The molecule has 150 valence electrons. The Morgan fingerprint density at radius 2 is 1.76 bits per heavy atom. The molecule has 0 radical (unpaired) electrons. The fourth-order valence-electron chi connectivity index (χ4n) is 3.15. The van der Waals surface area contributed by atoms with Gasteiger partial charge in [0.15, 0.2) is 6.10 Å². The summed E-state index contributed by atoms with van der Waals surface area (Å²) in [5.41, 5.74) is 1.99. The zero-order valence-corrected chi connectivity index (χ0v) is 16.7. The van der Waals surface area contributed by atoms with Crippen molar-refractivity contribution in [3.05, 3.63) is 76.1 Å². The highest BCUT2D eigenvalue weighted by atomic mass is 16.5. The normalized spacial score (nSPS) is 12.9. The van der Waals surface area contributed by atoms with Gasteiger partial charge in [0.05, 0.1) is 5.56 Å². The summed E-state index contributed by atoms with van der Waals surface area (Å²) in [6, 6.07) is 15.7. The molecule has 0 aliphatic rings. The summed E-state index contributed by atoms with van der Waals surface area (Å²) in [5, 5.41) is 3.41. The van der Waals surface area contributed by atoms with Crippen LogP contribution in [0.3, 0.4) is 0 Å². The first-order chi connectivity index (χ1) is 13.9. The molecule has 3 rings (SSSR count). The number of carbonyl (C=O) groups is 2. The van der Waals surface area contributed by atoms with Crippen molar-refractivity contribution < 1.29 is 14.3 Å². The Morgan fingerprint density at radius 3 is 2.52 bits per heavy atom. The van der Waals surface area contributed by atoms with Crippen LogP contribution in [0.2, 0.25) is 0 Å². The van der Waals surface area contributed by atoms with E-state index < -0.39 is 23.5 Å². The molecule has 2 atom stereocenters. The average Bonchev–Trinajstić information content (AvgIpc) is 2.72. The lowest BCUT2D eigenvalue weighted by molar-refractivity contribution is -0.123. The second kappa shape index (κ2) is 8.73. The molecule has 1 aromatic heterocycles. The lowest BCUT2D eigenvalue weighted by atomic mass is 9.97. The van der Waals surface area contributed by atoms with Crippen LogP contribution in [0.1, 0.15) is 49.0 Å². The number of nitrogens with one attached hydrogen (secondary N) is 2. The van der Waals surface area contributed by atoms with Gasteiger partial charge in [0.2, 0.25) is 5.56 Å². The number of esters is 1. The summed E-state index contributed by atoms with van der Waals surface area (Å²) < 4.78 is 5.36. The SMILES string of the molecule is CC[C@@H](C)c1ccccc1NC(=O)[C@@H](C)OC(=O)c1cc(=O)[nH]c2ccccc12. The molecule has 2 aromatic carbocycles. The highest BCUT2D eigenvalue weighted by Crippen LogP contribution is 2.26. The molecule has 0 bridgehead atoms. The molecule has 0 saturated carbocycles. The number of amides is 1. The van der Waals surface area contributed by atoms with E-state index in [-0.39, 0.29) is 11.5 Å². The van der Waals surface area contributed by atoms with Crippen LogP contribution in [-0.2, 0) is 9.53 Å². The number of rotatable bonds is 6. The van der Waals surface area contributed by atoms with Crippen molar-refractivity contribution >= 4 is 28.5 Å². The topological polar surface area (TPSA) is 88.3 Å². The number of ether oxygens (including phenoxy) is 1. The van der Waals surface area contributed by atoms with Gasteiger partial charge in [-0.05, 0) is 37.0 Å². The molecule has 1 heterocycles. The van der Waals surface area contributed by atoms with Gasteiger partial charge in [-0.3, -0.25) is 9.59 Å². The minimum Gasteiger partial charge on any atom is -0.449 e. The van der Waals surface area contributed by atoms with Gasteiger partial charge in [0.25, 0.3) is 5.91 Å². The van der Waals surface area contributed by atoms with E-state index in [1.165, 1.54) is 13.0 Å². The van der Waals surface area contributed by atoms with Crippen molar-refractivity contribution in [3.63, 3.8) is 0 Å². The minimum absolute atomic E-state index is 0.129. The van der Waals surface area contributed by atoms with Gasteiger partial charge in [-0.2, -0.15) is 0 Å². The third-order valence-corrected chi connectivity index (χ3v) is 4.99. The van der Waals surface area contributed by atoms with E-state index in [2.05, 4.69) is 24.1 Å². The van der Waals surface area contributed by atoms with Gasteiger partial charge in [-0.15, -0.1) is 0 Å². The van der Waals surface area contributed by atoms with Gasteiger partial charge >= 0.3 is 5.97 Å². The number of pyridine rings is 1. The highest BCUT2D eigenvalue weighted by molar-refractivity contribution is 6.04. The van der Waals surface area contributed by atoms with Crippen LogP contribution >= 0.6 is 0 Å². The van der Waals surface area contributed by atoms with Gasteiger partial charge in [0.1, 0.15) is 0 Å². The van der Waals surface area contributed by atoms with Gasteiger partial charge in [-0.25, -0.2) is 4.79 Å². The number of H-pyrrole nitrogens is 1. The van der Waals surface area contributed by atoms with Crippen LogP contribution in [0, 0.1) is 0 Å². The molecule has 0 spiro atoms. The summed E-state index contributed by atoms with van der Waals surface area (Å²) in [6.07, 6.45) is -0.0851. The number of para-hydroxylation sites is 2. The van der Waals surface area contributed by atoms with Crippen molar-refractivity contribution in [1.29, 1.82) is 0 Å². The predicted molar refractivity (Wildman–Crippen MR) is 113 cm³/mol. The van der Waals surface area contributed by atoms with Gasteiger partial charge in [-0.1, -0.05) is 50.2 Å². The highest BCUT2D eigenvalue weighted by Gasteiger charge is 2.22. The van der Waals surface area contributed by atoms with Crippen molar-refractivity contribution in [2.24, 2.45) is 0 Å². The molecular weight excluding hydrogens is 368 g/mol. The van der Waals surface area contributed by atoms with Gasteiger partial charge < -0.3 is 15.0 Å². The van der Waals surface area contributed by atoms with Crippen LogP contribution in [0.25, 0.3) is 10.9 Å². The first-order valence-electron chi connectivity index (χ1n) is 9.63. The quantitative estimate of drug-likeness (QED) is 0.615. The van der Waals surface area contributed by atoms with Crippen molar-refractivity contribution in [2.45, 2.75) is 39.2 Å². The van der Waals surface area contributed by atoms with Crippen molar-refractivity contribution in [2.75, 3.05) is 5.32 Å². The maximum atomic E-state index is 12.6. The molecule has 0 saturated heterocycles. The Hall–Kier alpha value is -3.41. The number of aromatic amines is 1. The van der Waals surface area contributed by atoms with E-state index in [0.717, 1.165) is 12.0 Å². The van der Waals surface area contributed by atoms with Crippen molar-refractivity contribution in [3.8, 4) is 0 Å². The zero-order chi connectivity index (χ0) is 21.0. The molecule has 3 aromatic rings. The Bertz CT molecular complexity index is 1100. The molecule has 0 unspecified atom stereocenters. The molecule has 0 fully saturated rings. The third-order valence-electron chi connectivity index (χ3n) is 4.99. The summed E-state index contributed by atoms with van der Waals surface area (Å²) >= 11 is 0. The molecule has 0 aliphatic heterocycles. The minimum atomic E-state index is -1.02. The Balaban J connectivity index is 1.78. The summed E-state index contributed by atoms with van der Waals surface area (Å²) in [5.74, 6) is -0.861. The van der Waals surface area contributed by atoms with E-state index in [9.17, 15) is 14.4 Å². The fourth-order valence-corrected chi connectivity index (χ4v) is 3.15. The van der Waals surface area contributed by atoms with Crippen LogP contribution in [0.4, 0.5) is 5.69 Å². The largest absolute Gasteiger partial charge is 0.449 e. The smallest absolute Gasteiger partial charge is 0.339 e. The molecular formula is C23H24N2O4. The van der Waals surface area contributed by atoms with Gasteiger partial charge in [0, 0.05) is 22.7 Å². The van der Waals surface area contributed by atoms with E-state index >= 15 is 0 Å². The second-order valence-corrected chi connectivity index (χ2v) is 7.03. The Labute approximate surface area is 168 Å². The van der Waals surface area contributed by atoms with Crippen LogP contribution in [0.15, 0.2) is 59.4 Å². The maximum Gasteiger partial charge on any atom is 0.339 e. The Kier molecular flexibility index (Phi) is 6.12. The fraction of sp³-hybridized carbons (Fsp3) is 0.261. The lowest BCUT2D eigenvalue weighted by Crippen LogP contribution is -2.30. The number of hydrogen-bond acceptors (Lipinski definition) is 4. The van der Waals surface area contributed by atoms with Crippen LogP contribution in [0.5, 0.6) is 0 Å². The number of carbonyl (C=O) groups excluding carboxylic acids is 2. The number of hydrogen-bond donors (Lipinski definition) is 2. The molecule has 29 heavy (non-hydrogen) atoms. The Morgan fingerprint density at radius 1 is 1.07 bits per heavy atom. The molecule has 6 nitrogen and oxygen atoms in total. The second-order valence-electron chi connectivity index (χ2n) is 7.03. The van der Waals surface area contributed by atoms with Crippen molar-refractivity contribution in [1.82, 2.24) is 4.98 Å². The third kappa shape index (κ3) is 4.54. The van der Waals surface area contributed by atoms with E-state index in [1.54, 1.807) is 24.3 Å². The summed E-state index contributed by atoms with van der Waals surface area (Å²) in [6.45, 7) is 5.68. The summed E-state index contributed by atoms with van der Waals surface area (Å²) in [4.78, 5) is 39.8. The summed E-state index contributed by atoms with van der Waals surface area (Å²) in [7, 11) is 0. The zero-order valence-electron chi connectivity index (χ0n) is 16.7.